The minimum atomic E-state index is -0.953. The van der Waals surface area contributed by atoms with Crippen molar-refractivity contribution in [3.05, 3.63) is 23.8 Å². The number of carboxylic acid groups (broad SMARTS) is 1. The molecule has 5 heteroatoms. The molecule has 0 aliphatic carbocycles. The van der Waals surface area contributed by atoms with Gasteiger partial charge in [-0.25, -0.2) is 4.79 Å². The van der Waals surface area contributed by atoms with Gasteiger partial charge in [0.05, 0.1) is 16.9 Å². The Bertz CT molecular complexity index is 408. The number of aromatic carboxylic acids is 1. The van der Waals surface area contributed by atoms with Crippen molar-refractivity contribution >= 4 is 17.3 Å². The van der Waals surface area contributed by atoms with Crippen molar-refractivity contribution in [3.63, 3.8) is 0 Å². The van der Waals surface area contributed by atoms with Crippen LogP contribution in [0, 0.1) is 0 Å². The smallest absolute Gasteiger partial charge is 0.335 e. The Hall–Kier alpha value is -1.75. The molecule has 106 valence electrons. The first-order valence-corrected chi connectivity index (χ1v) is 6.59. The van der Waals surface area contributed by atoms with E-state index in [4.69, 9.17) is 15.6 Å². The Morgan fingerprint density at radius 3 is 2.79 bits per heavy atom. The summed E-state index contributed by atoms with van der Waals surface area (Å²) in [5.74, 6) is -0.953. The second-order valence-electron chi connectivity index (χ2n) is 4.35. The minimum absolute atomic E-state index is 0.232. The number of benzene rings is 1. The molecular formula is C14H22N2O3. The summed E-state index contributed by atoms with van der Waals surface area (Å²) in [6.45, 7) is 4.33. The summed E-state index contributed by atoms with van der Waals surface area (Å²) in [6, 6.07) is 4.65. The first-order valence-electron chi connectivity index (χ1n) is 6.59. The number of ether oxygens (including phenoxy) is 1. The molecule has 0 amide bonds. The largest absolute Gasteiger partial charge is 0.478 e. The molecule has 19 heavy (non-hydrogen) atoms. The summed E-state index contributed by atoms with van der Waals surface area (Å²) in [5.41, 5.74) is 7.23. The average molecular weight is 266 g/mol. The van der Waals surface area contributed by atoms with Gasteiger partial charge in [-0.15, -0.1) is 0 Å². The van der Waals surface area contributed by atoms with Crippen LogP contribution in [0.4, 0.5) is 11.4 Å². The van der Waals surface area contributed by atoms with Crippen LogP contribution in [-0.4, -0.2) is 30.8 Å². The minimum Gasteiger partial charge on any atom is -0.478 e. The quantitative estimate of drug-likeness (QED) is 0.472. The standard InChI is InChI=1S/C14H22N2O3/c1-2-3-8-19-9-4-7-16-13-10-11(14(17)18)5-6-12(13)15/h5-6,10,16H,2-4,7-9,15H2,1H3,(H,17,18). The molecular weight excluding hydrogens is 244 g/mol. The number of nitrogen functional groups attached to an aromatic ring is 1. The van der Waals surface area contributed by atoms with Crippen LogP contribution in [0.15, 0.2) is 18.2 Å². The average Bonchev–Trinajstić information content (AvgIpc) is 2.39. The zero-order valence-corrected chi connectivity index (χ0v) is 11.3. The summed E-state index contributed by atoms with van der Waals surface area (Å²) in [4.78, 5) is 10.9. The molecule has 0 unspecified atom stereocenters. The summed E-state index contributed by atoms with van der Waals surface area (Å²) >= 11 is 0. The maximum atomic E-state index is 10.9. The van der Waals surface area contributed by atoms with Gasteiger partial charge in [0.25, 0.3) is 0 Å². The number of unbranched alkanes of at least 4 members (excludes halogenated alkanes) is 1. The number of carbonyl (C=O) groups is 1. The van der Waals surface area contributed by atoms with Crippen molar-refractivity contribution in [1.82, 2.24) is 0 Å². The van der Waals surface area contributed by atoms with Crippen molar-refractivity contribution in [3.8, 4) is 0 Å². The number of hydrogen-bond donors (Lipinski definition) is 3. The van der Waals surface area contributed by atoms with Crippen molar-refractivity contribution in [1.29, 1.82) is 0 Å². The van der Waals surface area contributed by atoms with E-state index in [9.17, 15) is 4.79 Å². The molecule has 0 fully saturated rings. The highest BCUT2D eigenvalue weighted by Crippen LogP contribution is 2.19. The van der Waals surface area contributed by atoms with Gasteiger partial charge < -0.3 is 20.9 Å². The number of hydrogen-bond acceptors (Lipinski definition) is 4. The normalized spacial score (nSPS) is 10.4. The number of nitrogens with two attached hydrogens (primary N) is 1. The molecule has 5 nitrogen and oxygen atoms in total. The van der Waals surface area contributed by atoms with Gasteiger partial charge in [0.15, 0.2) is 0 Å². The topological polar surface area (TPSA) is 84.6 Å². The van der Waals surface area contributed by atoms with Crippen LogP contribution in [0.3, 0.4) is 0 Å². The Morgan fingerprint density at radius 1 is 1.37 bits per heavy atom. The lowest BCUT2D eigenvalue weighted by molar-refractivity contribution is 0.0697. The maximum absolute atomic E-state index is 10.9. The molecule has 4 N–H and O–H groups in total. The molecule has 0 atom stereocenters. The lowest BCUT2D eigenvalue weighted by Gasteiger charge is -2.10. The second kappa shape index (κ2) is 8.37. The number of nitrogens with one attached hydrogen (secondary N) is 1. The lowest BCUT2D eigenvalue weighted by atomic mass is 10.1. The van der Waals surface area contributed by atoms with Crippen molar-refractivity contribution in [2.75, 3.05) is 30.8 Å². The van der Waals surface area contributed by atoms with Crippen LogP contribution in [0.25, 0.3) is 0 Å². The van der Waals surface area contributed by atoms with Gasteiger partial charge in [0, 0.05) is 19.8 Å². The zero-order chi connectivity index (χ0) is 14.1. The van der Waals surface area contributed by atoms with Crippen LogP contribution in [0.1, 0.15) is 36.5 Å². The summed E-state index contributed by atoms with van der Waals surface area (Å²) in [7, 11) is 0. The van der Waals surface area contributed by atoms with E-state index in [2.05, 4.69) is 12.2 Å². The van der Waals surface area contributed by atoms with Gasteiger partial charge in [0.2, 0.25) is 0 Å². The van der Waals surface area contributed by atoms with Crippen LogP contribution in [0.5, 0.6) is 0 Å². The molecule has 1 aromatic rings. The predicted octanol–water partition coefficient (Wildman–Crippen LogP) is 2.59. The number of anilines is 2. The van der Waals surface area contributed by atoms with Crippen LogP contribution in [-0.2, 0) is 4.74 Å². The van der Waals surface area contributed by atoms with Gasteiger partial charge in [-0.1, -0.05) is 13.3 Å². The molecule has 1 aromatic carbocycles. The van der Waals surface area contributed by atoms with E-state index in [-0.39, 0.29) is 5.56 Å². The van der Waals surface area contributed by atoms with Crippen LogP contribution >= 0.6 is 0 Å². The highest BCUT2D eigenvalue weighted by atomic mass is 16.5. The third kappa shape index (κ3) is 5.61. The van der Waals surface area contributed by atoms with Crippen molar-refractivity contribution in [2.45, 2.75) is 26.2 Å². The van der Waals surface area contributed by atoms with Gasteiger partial charge in [-0.3, -0.25) is 0 Å². The molecule has 1 rings (SSSR count). The first-order chi connectivity index (χ1) is 9.15. The fourth-order valence-corrected chi connectivity index (χ4v) is 1.59. The second-order valence-corrected chi connectivity index (χ2v) is 4.35. The van der Waals surface area contributed by atoms with E-state index >= 15 is 0 Å². The molecule has 0 radical (unpaired) electrons. The molecule has 0 aliphatic rings. The van der Waals surface area contributed by atoms with Gasteiger partial charge >= 0.3 is 5.97 Å². The summed E-state index contributed by atoms with van der Waals surface area (Å²) in [5, 5.41) is 12.0. The van der Waals surface area contributed by atoms with E-state index in [1.807, 2.05) is 0 Å². The Morgan fingerprint density at radius 2 is 2.11 bits per heavy atom. The Kier molecular flexibility index (Phi) is 6.74. The zero-order valence-electron chi connectivity index (χ0n) is 11.3. The third-order valence-corrected chi connectivity index (χ3v) is 2.72. The van der Waals surface area contributed by atoms with Gasteiger partial charge in [-0.2, -0.15) is 0 Å². The highest BCUT2D eigenvalue weighted by molar-refractivity contribution is 5.90. The van der Waals surface area contributed by atoms with Gasteiger partial charge in [0.1, 0.15) is 0 Å². The molecule has 0 saturated carbocycles. The van der Waals surface area contributed by atoms with E-state index < -0.39 is 5.97 Å². The molecule has 0 spiro atoms. The molecule has 0 bridgehead atoms. The van der Waals surface area contributed by atoms with Crippen LogP contribution in [0.2, 0.25) is 0 Å². The fourth-order valence-electron chi connectivity index (χ4n) is 1.59. The number of rotatable bonds is 9. The fraction of sp³-hybridized carbons (Fsp3) is 0.500. The van der Waals surface area contributed by atoms with Crippen LogP contribution < -0.4 is 11.1 Å². The SMILES string of the molecule is CCCCOCCCNc1cc(C(=O)O)ccc1N. The van der Waals surface area contributed by atoms with Gasteiger partial charge in [-0.05, 0) is 31.0 Å². The molecule has 0 saturated heterocycles. The predicted molar refractivity (Wildman–Crippen MR) is 76.6 cm³/mol. The summed E-state index contributed by atoms with van der Waals surface area (Å²) < 4.78 is 5.44. The van der Waals surface area contributed by atoms with E-state index in [1.165, 1.54) is 6.07 Å². The third-order valence-electron chi connectivity index (χ3n) is 2.72. The molecule has 0 aliphatic heterocycles. The maximum Gasteiger partial charge on any atom is 0.335 e. The number of carboxylic acids is 1. The van der Waals surface area contributed by atoms with E-state index in [1.54, 1.807) is 12.1 Å². The van der Waals surface area contributed by atoms with Crippen molar-refractivity contribution in [2.24, 2.45) is 0 Å². The van der Waals surface area contributed by atoms with E-state index in [0.717, 1.165) is 25.9 Å². The first kappa shape index (κ1) is 15.3. The van der Waals surface area contributed by atoms with Crippen molar-refractivity contribution < 1.29 is 14.6 Å². The molecule has 0 aromatic heterocycles. The lowest BCUT2D eigenvalue weighted by Crippen LogP contribution is -2.09. The Labute approximate surface area is 113 Å². The molecule has 0 heterocycles. The Balaban J connectivity index is 2.32. The van der Waals surface area contributed by atoms with E-state index in [0.29, 0.717) is 24.5 Å². The highest BCUT2D eigenvalue weighted by Gasteiger charge is 2.06. The summed E-state index contributed by atoms with van der Waals surface area (Å²) in [6.07, 6.45) is 3.08. The monoisotopic (exact) mass is 266 g/mol.